The minimum absolute atomic E-state index is 0.0880. The number of aliphatic carboxylic acids is 1. The number of urea groups is 1. The number of carboxylic acid groups (broad SMARTS) is 1. The molecular formula is C13H22N2O3. The van der Waals surface area contributed by atoms with Gasteiger partial charge in [-0.15, -0.1) is 0 Å². The molecule has 2 N–H and O–H groups in total. The van der Waals surface area contributed by atoms with Crippen molar-refractivity contribution in [3.63, 3.8) is 0 Å². The molecule has 0 aromatic heterocycles. The summed E-state index contributed by atoms with van der Waals surface area (Å²) in [5.74, 6) is 0.0997. The fraction of sp³-hybridized carbons (Fsp3) is 0.846. The van der Waals surface area contributed by atoms with Gasteiger partial charge < -0.3 is 15.3 Å². The van der Waals surface area contributed by atoms with E-state index in [-0.39, 0.29) is 11.9 Å². The molecule has 1 heterocycles. The average Bonchev–Trinajstić information content (AvgIpc) is 2.82. The Hall–Kier alpha value is -1.26. The molecule has 3 atom stereocenters. The lowest BCUT2D eigenvalue weighted by molar-refractivity contribution is -0.141. The van der Waals surface area contributed by atoms with E-state index in [1.165, 1.54) is 0 Å². The Morgan fingerprint density at radius 2 is 2.17 bits per heavy atom. The van der Waals surface area contributed by atoms with Crippen molar-refractivity contribution < 1.29 is 14.7 Å². The normalized spacial score (nSPS) is 30.6. The smallest absolute Gasteiger partial charge is 0.317 e. The Kier molecular flexibility index (Phi) is 3.78. The fourth-order valence-electron chi connectivity index (χ4n) is 2.69. The van der Waals surface area contributed by atoms with Gasteiger partial charge in [0.15, 0.2) is 0 Å². The van der Waals surface area contributed by atoms with Crippen LogP contribution in [0, 0.1) is 17.8 Å². The molecule has 0 radical (unpaired) electrons. The third-order valence-corrected chi connectivity index (χ3v) is 3.83. The molecule has 1 unspecified atom stereocenters. The van der Waals surface area contributed by atoms with Crippen LogP contribution in [0.2, 0.25) is 0 Å². The van der Waals surface area contributed by atoms with E-state index in [0.29, 0.717) is 37.4 Å². The van der Waals surface area contributed by atoms with Gasteiger partial charge in [-0.05, 0) is 31.1 Å². The third-order valence-electron chi connectivity index (χ3n) is 3.83. The summed E-state index contributed by atoms with van der Waals surface area (Å²) in [6.45, 7) is 5.29. The first-order chi connectivity index (χ1) is 8.47. The van der Waals surface area contributed by atoms with E-state index in [0.717, 1.165) is 12.8 Å². The molecule has 1 saturated carbocycles. The van der Waals surface area contributed by atoms with Gasteiger partial charge in [-0.25, -0.2) is 4.79 Å². The maximum Gasteiger partial charge on any atom is 0.317 e. The summed E-state index contributed by atoms with van der Waals surface area (Å²) in [4.78, 5) is 24.4. The van der Waals surface area contributed by atoms with Gasteiger partial charge in [0.25, 0.3) is 0 Å². The second kappa shape index (κ2) is 5.16. The predicted molar refractivity (Wildman–Crippen MR) is 67.2 cm³/mol. The summed E-state index contributed by atoms with van der Waals surface area (Å²) >= 11 is 0. The second-order valence-corrected chi connectivity index (χ2v) is 5.95. The van der Waals surface area contributed by atoms with Gasteiger partial charge in [-0.2, -0.15) is 0 Å². The highest BCUT2D eigenvalue weighted by Crippen LogP contribution is 2.36. The fourth-order valence-corrected chi connectivity index (χ4v) is 2.69. The van der Waals surface area contributed by atoms with Crippen LogP contribution in [0.4, 0.5) is 4.79 Å². The monoisotopic (exact) mass is 254 g/mol. The third kappa shape index (κ3) is 3.15. The molecule has 2 aliphatic rings. The number of hydrogen-bond acceptors (Lipinski definition) is 2. The Bertz CT molecular complexity index is 343. The van der Waals surface area contributed by atoms with E-state index in [9.17, 15) is 9.59 Å². The zero-order chi connectivity index (χ0) is 13.3. The first-order valence-electron chi connectivity index (χ1n) is 6.75. The van der Waals surface area contributed by atoms with Crippen LogP contribution in [-0.4, -0.2) is 41.1 Å². The molecular weight excluding hydrogens is 232 g/mol. The van der Waals surface area contributed by atoms with Gasteiger partial charge in [0.2, 0.25) is 0 Å². The first-order valence-corrected chi connectivity index (χ1v) is 6.75. The minimum atomic E-state index is -0.797. The van der Waals surface area contributed by atoms with Crippen molar-refractivity contribution in [3.8, 4) is 0 Å². The van der Waals surface area contributed by atoms with Crippen LogP contribution in [0.3, 0.4) is 0 Å². The number of likely N-dealkylation sites (tertiary alicyclic amines) is 1. The van der Waals surface area contributed by atoms with Gasteiger partial charge in [0.05, 0.1) is 5.92 Å². The van der Waals surface area contributed by atoms with E-state index in [1.807, 2.05) is 0 Å². The van der Waals surface area contributed by atoms with E-state index in [4.69, 9.17) is 5.11 Å². The minimum Gasteiger partial charge on any atom is -0.481 e. The summed E-state index contributed by atoms with van der Waals surface area (Å²) in [6, 6.07) is 0.221. The highest BCUT2D eigenvalue weighted by Gasteiger charge is 2.40. The Labute approximate surface area is 108 Å². The van der Waals surface area contributed by atoms with Gasteiger partial charge >= 0.3 is 12.0 Å². The zero-order valence-corrected chi connectivity index (χ0v) is 11.1. The molecule has 2 rings (SSSR count). The maximum absolute atomic E-state index is 11.9. The lowest BCUT2D eigenvalue weighted by Crippen LogP contribution is -2.40. The molecule has 18 heavy (non-hydrogen) atoms. The molecule has 2 fully saturated rings. The van der Waals surface area contributed by atoms with Gasteiger partial charge in [0.1, 0.15) is 0 Å². The van der Waals surface area contributed by atoms with Crippen LogP contribution in [0.5, 0.6) is 0 Å². The predicted octanol–water partition coefficient (Wildman–Crippen LogP) is 1.54. The van der Waals surface area contributed by atoms with E-state index in [1.54, 1.807) is 4.90 Å². The zero-order valence-electron chi connectivity index (χ0n) is 11.1. The molecule has 0 aromatic carbocycles. The van der Waals surface area contributed by atoms with E-state index in [2.05, 4.69) is 19.2 Å². The number of carbonyl (C=O) groups is 2. The topological polar surface area (TPSA) is 69.6 Å². The molecule has 1 aliphatic carbocycles. The molecule has 1 saturated heterocycles. The number of nitrogens with zero attached hydrogens (tertiary/aromatic N) is 1. The van der Waals surface area contributed by atoms with Crippen LogP contribution in [-0.2, 0) is 4.79 Å². The first kappa shape index (κ1) is 13.2. The lowest BCUT2D eigenvalue weighted by Gasteiger charge is -2.17. The van der Waals surface area contributed by atoms with Crippen molar-refractivity contribution in [2.24, 2.45) is 17.8 Å². The molecule has 0 spiro atoms. The van der Waals surface area contributed by atoms with Crippen molar-refractivity contribution >= 4 is 12.0 Å². The maximum atomic E-state index is 11.9. The highest BCUT2D eigenvalue weighted by atomic mass is 16.4. The summed E-state index contributed by atoms with van der Waals surface area (Å²) in [6.07, 6.45) is 2.80. The number of hydrogen-bond donors (Lipinski definition) is 2. The van der Waals surface area contributed by atoms with Crippen LogP contribution in [0.15, 0.2) is 0 Å². The largest absolute Gasteiger partial charge is 0.481 e. The lowest BCUT2D eigenvalue weighted by atomic mass is 10.1. The highest BCUT2D eigenvalue weighted by molar-refractivity contribution is 5.77. The van der Waals surface area contributed by atoms with E-state index >= 15 is 0 Å². The van der Waals surface area contributed by atoms with Crippen molar-refractivity contribution in [2.75, 3.05) is 13.1 Å². The van der Waals surface area contributed by atoms with Crippen molar-refractivity contribution in [3.05, 3.63) is 0 Å². The number of rotatable bonds is 4. The molecule has 102 valence electrons. The number of carboxylic acids is 1. The number of nitrogens with one attached hydrogen (secondary N) is 1. The molecule has 1 aliphatic heterocycles. The average molecular weight is 254 g/mol. The number of amides is 2. The quantitative estimate of drug-likeness (QED) is 0.799. The summed E-state index contributed by atoms with van der Waals surface area (Å²) < 4.78 is 0. The van der Waals surface area contributed by atoms with Gasteiger partial charge in [-0.1, -0.05) is 13.8 Å². The molecule has 5 nitrogen and oxygen atoms in total. The molecule has 0 aromatic rings. The molecule has 0 bridgehead atoms. The number of carbonyl (C=O) groups excluding carboxylic acids is 1. The summed E-state index contributed by atoms with van der Waals surface area (Å²) in [5, 5.41) is 11.9. The molecule has 2 amide bonds. The van der Waals surface area contributed by atoms with Crippen molar-refractivity contribution in [1.82, 2.24) is 10.2 Å². The van der Waals surface area contributed by atoms with Crippen molar-refractivity contribution in [1.29, 1.82) is 0 Å². The Morgan fingerprint density at radius 1 is 1.44 bits per heavy atom. The Morgan fingerprint density at radius 3 is 2.72 bits per heavy atom. The van der Waals surface area contributed by atoms with Crippen LogP contribution >= 0.6 is 0 Å². The SMILES string of the molecule is CC(C)C[C@@H]1C[C@H]1NC(=O)N1CCC(C(=O)O)C1. The van der Waals surface area contributed by atoms with Crippen LogP contribution in [0.25, 0.3) is 0 Å². The standard InChI is InChI=1S/C13H22N2O3/c1-8(2)5-10-6-11(10)14-13(18)15-4-3-9(7-15)12(16)17/h8-11H,3-7H2,1-2H3,(H,14,18)(H,16,17)/t9?,10-,11-/m1/s1. The van der Waals surface area contributed by atoms with E-state index < -0.39 is 5.97 Å². The summed E-state index contributed by atoms with van der Waals surface area (Å²) in [7, 11) is 0. The van der Waals surface area contributed by atoms with Crippen LogP contribution in [0.1, 0.15) is 33.1 Å². The summed E-state index contributed by atoms with van der Waals surface area (Å²) in [5.41, 5.74) is 0. The second-order valence-electron chi connectivity index (χ2n) is 5.95. The van der Waals surface area contributed by atoms with Gasteiger partial charge in [0, 0.05) is 19.1 Å². The molecule has 5 heteroatoms. The Balaban J connectivity index is 1.72. The van der Waals surface area contributed by atoms with Gasteiger partial charge in [-0.3, -0.25) is 4.79 Å². The van der Waals surface area contributed by atoms with Crippen LogP contribution < -0.4 is 5.32 Å². The van der Waals surface area contributed by atoms with Crippen molar-refractivity contribution in [2.45, 2.75) is 39.2 Å².